The SMILES string of the molecule is CC1(C)C(=O)N(c2cccc(NC3CN(C4CCCCC4)C3)c2)C(=O)N1Cc1ccncc1.OC(F)(F)F. The van der Waals surface area contributed by atoms with E-state index < -0.39 is 11.9 Å². The molecule has 11 heteroatoms. The monoisotopic (exact) mass is 533 g/mol. The molecule has 38 heavy (non-hydrogen) atoms. The van der Waals surface area contributed by atoms with Gasteiger partial charge in [-0.3, -0.25) is 14.7 Å². The van der Waals surface area contributed by atoms with Crippen LogP contribution in [0.25, 0.3) is 0 Å². The van der Waals surface area contributed by atoms with Crippen LogP contribution in [0.2, 0.25) is 0 Å². The Morgan fingerprint density at radius 2 is 1.68 bits per heavy atom. The zero-order valence-electron chi connectivity index (χ0n) is 21.6. The molecule has 3 fully saturated rings. The molecule has 2 aromatic rings. The van der Waals surface area contributed by atoms with Crippen molar-refractivity contribution in [1.82, 2.24) is 14.8 Å². The molecule has 3 heterocycles. The van der Waals surface area contributed by atoms with Gasteiger partial charge in [0.2, 0.25) is 0 Å². The highest BCUT2D eigenvalue weighted by Gasteiger charge is 2.51. The zero-order chi connectivity index (χ0) is 27.5. The number of carbonyl (C=O) groups is 2. The highest BCUT2D eigenvalue weighted by molar-refractivity contribution is 6.23. The molecule has 206 valence electrons. The molecule has 0 atom stereocenters. The first-order valence-corrected chi connectivity index (χ1v) is 12.9. The summed E-state index contributed by atoms with van der Waals surface area (Å²) in [6.45, 7) is 6.11. The van der Waals surface area contributed by atoms with Gasteiger partial charge in [0, 0.05) is 43.8 Å². The molecule has 3 amide bonds. The van der Waals surface area contributed by atoms with Crippen molar-refractivity contribution in [3.8, 4) is 0 Å². The quantitative estimate of drug-likeness (QED) is 0.521. The van der Waals surface area contributed by atoms with Crippen LogP contribution in [-0.4, -0.2) is 68.9 Å². The number of pyridine rings is 1. The summed E-state index contributed by atoms with van der Waals surface area (Å²) < 4.78 is 29.7. The first kappa shape index (κ1) is 27.8. The van der Waals surface area contributed by atoms with Crippen LogP contribution in [0.5, 0.6) is 0 Å². The molecule has 0 unspecified atom stereocenters. The van der Waals surface area contributed by atoms with E-state index in [1.54, 1.807) is 17.3 Å². The van der Waals surface area contributed by atoms with Crippen LogP contribution in [0, 0.1) is 0 Å². The molecule has 8 nitrogen and oxygen atoms in total. The molecule has 1 aromatic heterocycles. The number of hydrogen-bond donors (Lipinski definition) is 2. The number of aliphatic hydroxyl groups is 1. The third-order valence-electron chi connectivity index (χ3n) is 7.39. The molecular formula is C27H34F3N5O3. The van der Waals surface area contributed by atoms with E-state index in [1.165, 1.54) is 37.0 Å². The predicted molar refractivity (Wildman–Crippen MR) is 137 cm³/mol. The van der Waals surface area contributed by atoms with Gasteiger partial charge < -0.3 is 15.3 Å². The number of nitrogens with one attached hydrogen (secondary N) is 1. The van der Waals surface area contributed by atoms with Gasteiger partial charge in [-0.25, -0.2) is 9.69 Å². The number of nitrogens with zero attached hydrogens (tertiary/aromatic N) is 4. The van der Waals surface area contributed by atoms with Crippen molar-refractivity contribution >= 4 is 23.3 Å². The van der Waals surface area contributed by atoms with E-state index in [9.17, 15) is 22.8 Å². The lowest BCUT2D eigenvalue weighted by molar-refractivity contribution is -0.295. The summed E-state index contributed by atoms with van der Waals surface area (Å²) in [7, 11) is 0. The van der Waals surface area contributed by atoms with Gasteiger partial charge in [0.1, 0.15) is 5.54 Å². The second-order valence-electron chi connectivity index (χ2n) is 10.5. The number of amides is 3. The molecule has 3 aliphatic rings. The van der Waals surface area contributed by atoms with Crippen molar-refractivity contribution in [3.05, 3.63) is 54.4 Å². The van der Waals surface area contributed by atoms with Crippen LogP contribution in [0.4, 0.5) is 29.3 Å². The van der Waals surface area contributed by atoms with Crippen LogP contribution in [-0.2, 0) is 11.3 Å². The van der Waals surface area contributed by atoms with Gasteiger partial charge in [0.05, 0.1) is 11.7 Å². The van der Waals surface area contributed by atoms with Crippen LogP contribution in [0.1, 0.15) is 51.5 Å². The van der Waals surface area contributed by atoms with Crippen LogP contribution in [0.3, 0.4) is 0 Å². The van der Waals surface area contributed by atoms with E-state index >= 15 is 0 Å². The minimum absolute atomic E-state index is 0.203. The van der Waals surface area contributed by atoms with Gasteiger partial charge in [-0.05, 0) is 62.6 Å². The van der Waals surface area contributed by atoms with Gasteiger partial charge >= 0.3 is 12.4 Å². The lowest BCUT2D eigenvalue weighted by Crippen LogP contribution is -2.58. The summed E-state index contributed by atoms with van der Waals surface area (Å²) in [6.07, 6.45) is 5.15. The summed E-state index contributed by atoms with van der Waals surface area (Å²) in [5.41, 5.74) is 1.60. The number of likely N-dealkylation sites (tertiary alicyclic amines) is 1. The molecule has 0 bridgehead atoms. The van der Waals surface area contributed by atoms with E-state index in [-0.39, 0.29) is 11.9 Å². The Balaban J connectivity index is 0.000000617. The van der Waals surface area contributed by atoms with E-state index in [2.05, 4.69) is 15.2 Å². The number of aromatic nitrogens is 1. The number of imide groups is 1. The number of alkyl halides is 3. The molecular weight excluding hydrogens is 499 g/mol. The van der Waals surface area contributed by atoms with Crippen LogP contribution in [0.15, 0.2) is 48.8 Å². The first-order valence-electron chi connectivity index (χ1n) is 12.9. The summed E-state index contributed by atoms with van der Waals surface area (Å²) in [6, 6.07) is 12.3. The van der Waals surface area contributed by atoms with Crippen molar-refractivity contribution in [2.45, 2.75) is 76.5 Å². The molecule has 2 saturated heterocycles. The lowest BCUT2D eigenvalue weighted by atomic mass is 9.91. The first-order chi connectivity index (χ1) is 17.9. The minimum Gasteiger partial charge on any atom is -0.380 e. The highest BCUT2D eigenvalue weighted by atomic mass is 19.4. The van der Waals surface area contributed by atoms with Crippen molar-refractivity contribution in [3.63, 3.8) is 0 Å². The number of benzene rings is 1. The summed E-state index contributed by atoms with van der Waals surface area (Å²) in [5, 5.41) is 10.1. The highest BCUT2D eigenvalue weighted by Crippen LogP contribution is 2.35. The molecule has 2 aliphatic heterocycles. The van der Waals surface area contributed by atoms with Gasteiger partial charge in [0.15, 0.2) is 0 Å². The Morgan fingerprint density at radius 1 is 1.05 bits per heavy atom. The van der Waals surface area contributed by atoms with Crippen molar-refractivity contribution in [1.29, 1.82) is 0 Å². The summed E-state index contributed by atoms with van der Waals surface area (Å²) >= 11 is 0. The number of carbonyl (C=O) groups excluding carboxylic acids is 2. The maximum atomic E-state index is 13.3. The van der Waals surface area contributed by atoms with Gasteiger partial charge in [0.25, 0.3) is 5.91 Å². The average molecular weight is 534 g/mol. The fraction of sp³-hybridized carbons (Fsp3) is 0.519. The van der Waals surface area contributed by atoms with E-state index in [0.29, 0.717) is 18.3 Å². The fourth-order valence-electron chi connectivity index (χ4n) is 5.32. The fourth-order valence-corrected chi connectivity index (χ4v) is 5.32. The van der Waals surface area contributed by atoms with Crippen molar-refractivity contribution in [2.75, 3.05) is 23.3 Å². The molecule has 1 aromatic carbocycles. The van der Waals surface area contributed by atoms with Gasteiger partial charge in [-0.2, -0.15) is 0 Å². The topological polar surface area (TPSA) is 89.0 Å². The predicted octanol–water partition coefficient (Wildman–Crippen LogP) is 4.76. The standard InChI is InChI=1S/C26H33N5O2.CHF3O/c1-26(2)24(32)31(25(33)30(26)16-19-11-13-27-14-12-19)23-10-6-7-20(15-23)28-21-17-29(18-21)22-8-4-3-5-9-22;2-1(3,4)5/h6-7,10-15,21-22,28H,3-5,8-9,16-18H2,1-2H3;5H. The third-order valence-corrected chi connectivity index (χ3v) is 7.39. The molecule has 2 N–H and O–H groups in total. The Kier molecular flexibility index (Phi) is 8.27. The number of halogens is 3. The molecule has 5 rings (SSSR count). The third kappa shape index (κ3) is 6.63. The van der Waals surface area contributed by atoms with Gasteiger partial charge in [-0.15, -0.1) is 13.2 Å². The second kappa shape index (κ2) is 11.3. The molecule has 1 aliphatic carbocycles. The Hall–Kier alpha value is -3.18. The molecule has 1 saturated carbocycles. The van der Waals surface area contributed by atoms with E-state index in [4.69, 9.17) is 5.11 Å². The van der Waals surface area contributed by atoms with Gasteiger partial charge in [-0.1, -0.05) is 25.3 Å². The smallest absolute Gasteiger partial charge is 0.380 e. The summed E-state index contributed by atoms with van der Waals surface area (Å²) in [5.74, 6) is -0.203. The zero-order valence-corrected chi connectivity index (χ0v) is 21.6. The summed E-state index contributed by atoms with van der Waals surface area (Å²) in [4.78, 5) is 36.2. The van der Waals surface area contributed by atoms with E-state index in [1.807, 2.05) is 50.2 Å². The normalized spacial score (nSPS) is 20.7. The largest absolute Gasteiger partial charge is 0.519 e. The molecule has 0 spiro atoms. The molecule has 0 radical (unpaired) electrons. The maximum Gasteiger partial charge on any atom is 0.519 e. The average Bonchev–Trinajstić information content (AvgIpc) is 3.01. The Labute approximate surface area is 220 Å². The Bertz CT molecular complexity index is 1110. The van der Waals surface area contributed by atoms with Crippen LogP contribution >= 0.6 is 0 Å². The second-order valence-corrected chi connectivity index (χ2v) is 10.5. The number of rotatable bonds is 6. The van der Waals surface area contributed by atoms with E-state index in [0.717, 1.165) is 30.4 Å². The lowest BCUT2D eigenvalue weighted by Gasteiger charge is -2.46. The minimum atomic E-state index is -5.00. The number of hydrogen-bond acceptors (Lipinski definition) is 6. The van der Waals surface area contributed by atoms with Crippen molar-refractivity contribution in [2.24, 2.45) is 0 Å². The number of anilines is 2. The van der Waals surface area contributed by atoms with Crippen molar-refractivity contribution < 1.29 is 27.9 Å². The Morgan fingerprint density at radius 3 is 2.32 bits per heavy atom. The van der Waals surface area contributed by atoms with Crippen LogP contribution < -0.4 is 10.2 Å². The number of urea groups is 1. The maximum absolute atomic E-state index is 13.3.